The van der Waals surface area contributed by atoms with Crippen molar-refractivity contribution in [1.82, 2.24) is 0 Å². The van der Waals surface area contributed by atoms with E-state index in [1.54, 1.807) is 7.11 Å². The average molecular weight is 345 g/mol. The lowest BCUT2D eigenvalue weighted by atomic mass is 9.97. The van der Waals surface area contributed by atoms with Crippen molar-refractivity contribution in [3.05, 3.63) is 84.6 Å². The van der Waals surface area contributed by atoms with Crippen LogP contribution >= 0.6 is 0 Å². The Labute approximate surface area is 155 Å². The third-order valence-electron chi connectivity index (χ3n) is 2.79. The SMILES string of the molecule is C=C(C)/C=C\C(=C)C(=C)/C=C(/CCOC)C(=C)CC.C=C(C)C.C=O. The summed E-state index contributed by atoms with van der Waals surface area (Å²) in [6.07, 6.45) is 7.70. The fourth-order valence-electron chi connectivity index (χ4n) is 1.44. The maximum absolute atomic E-state index is 8.00. The Balaban J connectivity index is -0.000000701. The maximum atomic E-state index is 8.00. The third-order valence-corrected chi connectivity index (χ3v) is 2.79. The van der Waals surface area contributed by atoms with Crippen LogP contribution in [0.2, 0.25) is 0 Å². The Morgan fingerprint density at radius 2 is 1.40 bits per heavy atom. The summed E-state index contributed by atoms with van der Waals surface area (Å²) in [4.78, 5) is 8.00. The van der Waals surface area contributed by atoms with Gasteiger partial charge < -0.3 is 9.53 Å². The van der Waals surface area contributed by atoms with Crippen molar-refractivity contribution in [2.24, 2.45) is 0 Å². The van der Waals surface area contributed by atoms with Crippen LogP contribution in [0.4, 0.5) is 0 Å². The zero-order chi connectivity index (χ0) is 20.4. The molecule has 0 aliphatic rings. The van der Waals surface area contributed by atoms with Crippen LogP contribution in [-0.2, 0) is 9.53 Å². The molecule has 140 valence electrons. The van der Waals surface area contributed by atoms with E-state index in [9.17, 15) is 0 Å². The van der Waals surface area contributed by atoms with E-state index in [2.05, 4.69) is 45.9 Å². The number of carbonyl (C=O) groups is 1. The summed E-state index contributed by atoms with van der Waals surface area (Å²) in [7, 11) is 1.70. The monoisotopic (exact) mass is 344 g/mol. The van der Waals surface area contributed by atoms with E-state index < -0.39 is 0 Å². The third kappa shape index (κ3) is 19.8. The van der Waals surface area contributed by atoms with Gasteiger partial charge in [0.25, 0.3) is 0 Å². The van der Waals surface area contributed by atoms with Crippen LogP contribution < -0.4 is 0 Å². The lowest BCUT2D eigenvalue weighted by Gasteiger charge is -2.10. The number of rotatable bonds is 9. The predicted octanol–water partition coefficient (Wildman–Crippen LogP) is 6.56. The van der Waals surface area contributed by atoms with Gasteiger partial charge in [0.2, 0.25) is 0 Å². The molecule has 0 unspecified atom stereocenters. The smallest absolute Gasteiger partial charge is 0.106 e. The maximum Gasteiger partial charge on any atom is 0.106 e. The van der Waals surface area contributed by atoms with Gasteiger partial charge in [-0.15, -0.1) is 6.58 Å². The van der Waals surface area contributed by atoms with E-state index in [1.165, 1.54) is 11.1 Å². The van der Waals surface area contributed by atoms with Crippen molar-refractivity contribution in [3.8, 4) is 0 Å². The van der Waals surface area contributed by atoms with Crippen LogP contribution in [0.15, 0.2) is 84.6 Å². The molecule has 0 aromatic rings. The van der Waals surface area contributed by atoms with Gasteiger partial charge in [-0.3, -0.25) is 0 Å². The number of carbonyl (C=O) groups excluding carboxylic acids is 1. The quantitative estimate of drug-likeness (QED) is 0.350. The Kier molecular flexibility index (Phi) is 20.1. The van der Waals surface area contributed by atoms with Crippen molar-refractivity contribution in [1.29, 1.82) is 0 Å². The fourth-order valence-corrected chi connectivity index (χ4v) is 1.44. The number of methoxy groups -OCH3 is 1. The van der Waals surface area contributed by atoms with Crippen LogP contribution in [0.5, 0.6) is 0 Å². The van der Waals surface area contributed by atoms with Gasteiger partial charge in [-0.1, -0.05) is 68.2 Å². The Bertz CT molecular complexity index is 512. The average Bonchev–Trinajstić information content (AvgIpc) is 2.56. The van der Waals surface area contributed by atoms with Crippen LogP contribution in [0.3, 0.4) is 0 Å². The van der Waals surface area contributed by atoms with E-state index in [-0.39, 0.29) is 0 Å². The summed E-state index contributed by atoms with van der Waals surface area (Å²) in [5.74, 6) is 0. The molecule has 0 atom stereocenters. The first-order valence-corrected chi connectivity index (χ1v) is 8.16. The highest BCUT2D eigenvalue weighted by Crippen LogP contribution is 2.20. The van der Waals surface area contributed by atoms with Gasteiger partial charge in [0.1, 0.15) is 6.79 Å². The van der Waals surface area contributed by atoms with Gasteiger partial charge >= 0.3 is 0 Å². The molecule has 0 rings (SSSR count). The normalized spacial score (nSPS) is 10.0. The summed E-state index contributed by atoms with van der Waals surface area (Å²) in [6.45, 7) is 30.2. The molecule has 0 N–H and O–H groups in total. The predicted molar refractivity (Wildman–Crippen MR) is 114 cm³/mol. The Morgan fingerprint density at radius 3 is 1.76 bits per heavy atom. The standard InChI is InChI=1S/C18H26O.C4H8.CH2O/c1-8-15(4)18(11-12-19-7)13-17(6)16(5)10-9-14(2)3;1-4(2)3;1-2/h9-10,13H,2,4-6,8,11-12H2,1,3,7H3;1H2,2-3H3;1H2/b10-9-,18-13-;;. The van der Waals surface area contributed by atoms with Gasteiger partial charge in [-0.2, -0.15) is 0 Å². The van der Waals surface area contributed by atoms with Gasteiger partial charge in [0.05, 0.1) is 6.61 Å². The molecule has 0 aromatic carbocycles. The molecule has 0 aliphatic heterocycles. The minimum atomic E-state index is 0.687. The van der Waals surface area contributed by atoms with Crippen LogP contribution in [0.1, 0.15) is 40.5 Å². The molecule has 0 aliphatic carbocycles. The van der Waals surface area contributed by atoms with Crippen molar-refractivity contribution in [3.63, 3.8) is 0 Å². The van der Waals surface area contributed by atoms with Crippen molar-refractivity contribution < 1.29 is 9.53 Å². The van der Waals surface area contributed by atoms with Gasteiger partial charge in [-0.25, -0.2) is 0 Å². The molecule has 0 amide bonds. The van der Waals surface area contributed by atoms with E-state index >= 15 is 0 Å². The minimum Gasteiger partial charge on any atom is -0.384 e. The van der Waals surface area contributed by atoms with Gasteiger partial charge in [0.15, 0.2) is 0 Å². The van der Waals surface area contributed by atoms with Crippen LogP contribution in [0.25, 0.3) is 0 Å². The first-order chi connectivity index (χ1) is 11.6. The summed E-state index contributed by atoms with van der Waals surface area (Å²) in [6, 6.07) is 0. The van der Waals surface area contributed by atoms with Gasteiger partial charge in [0, 0.05) is 7.11 Å². The zero-order valence-corrected chi connectivity index (χ0v) is 16.9. The van der Waals surface area contributed by atoms with E-state index in [0.29, 0.717) is 6.61 Å². The number of hydrogen-bond donors (Lipinski definition) is 0. The number of ether oxygens (including phenoxy) is 1. The zero-order valence-electron chi connectivity index (χ0n) is 16.9. The highest BCUT2D eigenvalue weighted by atomic mass is 16.5. The lowest BCUT2D eigenvalue weighted by molar-refractivity contribution is -0.0979. The molecule has 0 heterocycles. The molecule has 0 fully saturated rings. The molecular formula is C23H36O2. The summed E-state index contributed by atoms with van der Waals surface area (Å²) in [5, 5.41) is 0. The second-order valence-electron chi connectivity index (χ2n) is 5.81. The summed E-state index contributed by atoms with van der Waals surface area (Å²) < 4.78 is 5.13. The molecule has 2 heteroatoms. The van der Waals surface area contributed by atoms with Gasteiger partial charge in [-0.05, 0) is 50.3 Å². The molecule has 0 saturated carbocycles. The van der Waals surface area contributed by atoms with Crippen LogP contribution in [-0.4, -0.2) is 20.5 Å². The fraction of sp³-hybridized carbons (Fsp3) is 0.348. The van der Waals surface area contributed by atoms with E-state index in [0.717, 1.165) is 35.1 Å². The molecule has 0 saturated heterocycles. The van der Waals surface area contributed by atoms with Crippen molar-refractivity contribution in [2.45, 2.75) is 40.5 Å². The first-order valence-electron chi connectivity index (χ1n) is 8.16. The largest absolute Gasteiger partial charge is 0.384 e. The first kappa shape index (κ1) is 27.6. The Hall–Kier alpha value is -2.19. The summed E-state index contributed by atoms with van der Waals surface area (Å²) >= 11 is 0. The minimum absolute atomic E-state index is 0.687. The van der Waals surface area contributed by atoms with E-state index in [1.807, 2.05) is 39.7 Å². The molecule has 0 bridgehead atoms. The van der Waals surface area contributed by atoms with Crippen LogP contribution in [0, 0.1) is 0 Å². The molecule has 0 aromatic heterocycles. The highest BCUT2D eigenvalue weighted by molar-refractivity contribution is 5.48. The molecule has 0 spiro atoms. The summed E-state index contributed by atoms with van der Waals surface area (Å²) in [5.41, 5.74) is 6.25. The second kappa shape index (κ2) is 18.2. The van der Waals surface area contributed by atoms with Crippen molar-refractivity contribution >= 4 is 6.79 Å². The topological polar surface area (TPSA) is 26.3 Å². The lowest BCUT2D eigenvalue weighted by Crippen LogP contribution is -1.96. The number of hydrogen-bond acceptors (Lipinski definition) is 2. The molecule has 0 radical (unpaired) electrons. The molecule has 2 nitrogen and oxygen atoms in total. The van der Waals surface area contributed by atoms with E-state index in [4.69, 9.17) is 9.53 Å². The molecular weight excluding hydrogens is 308 g/mol. The Morgan fingerprint density at radius 1 is 0.920 bits per heavy atom. The second-order valence-corrected chi connectivity index (χ2v) is 5.81. The number of allylic oxidation sites excluding steroid dienone is 8. The van der Waals surface area contributed by atoms with Crippen molar-refractivity contribution in [2.75, 3.05) is 13.7 Å². The molecule has 25 heavy (non-hydrogen) atoms. The highest BCUT2D eigenvalue weighted by Gasteiger charge is 2.03.